The maximum Gasteiger partial charge on any atom is 0.243 e. The van der Waals surface area contributed by atoms with Gasteiger partial charge in [0.2, 0.25) is 15.9 Å². The van der Waals surface area contributed by atoms with Gasteiger partial charge in [-0.1, -0.05) is 41.7 Å². The number of rotatable bonds is 4. The summed E-state index contributed by atoms with van der Waals surface area (Å²) < 4.78 is 41.3. The molecule has 1 N–H and O–H groups in total. The molecule has 1 aromatic heterocycles. The average Bonchev–Trinajstić information content (AvgIpc) is 3.22. The molecule has 1 saturated heterocycles. The first kappa shape index (κ1) is 21.0. The lowest BCUT2D eigenvalue weighted by Crippen LogP contribution is -2.43. The highest BCUT2D eigenvalue weighted by atomic mass is 32.2. The summed E-state index contributed by atoms with van der Waals surface area (Å²) in [6.45, 7) is 0.413. The molecule has 1 fully saturated rings. The van der Waals surface area contributed by atoms with E-state index in [0.29, 0.717) is 24.5 Å². The number of aromatic nitrogens is 1. The summed E-state index contributed by atoms with van der Waals surface area (Å²) in [5.41, 5.74) is 0.840. The molecule has 5 rings (SSSR count). The van der Waals surface area contributed by atoms with E-state index in [2.05, 4.69) is 10.3 Å². The fourth-order valence-corrected chi connectivity index (χ4v) is 6.46. The van der Waals surface area contributed by atoms with Crippen LogP contribution in [-0.2, 0) is 14.8 Å². The third-order valence-corrected chi connectivity index (χ3v) is 8.54. The summed E-state index contributed by atoms with van der Waals surface area (Å²) in [7, 11) is -3.79. The van der Waals surface area contributed by atoms with Gasteiger partial charge in [0.15, 0.2) is 5.13 Å². The molecule has 0 radical (unpaired) electrons. The fourth-order valence-electron chi connectivity index (χ4n) is 4.05. The Morgan fingerprint density at radius 1 is 1.09 bits per heavy atom. The number of carbonyl (C=O) groups excluding carboxylic acids is 1. The number of nitrogens with zero attached hydrogens (tertiary/aromatic N) is 2. The smallest absolute Gasteiger partial charge is 0.243 e. The summed E-state index contributed by atoms with van der Waals surface area (Å²) >= 11 is 1.40. The van der Waals surface area contributed by atoms with E-state index >= 15 is 0 Å². The Hall–Kier alpha value is -2.88. The maximum absolute atomic E-state index is 13.2. The van der Waals surface area contributed by atoms with Crippen molar-refractivity contribution >= 4 is 53.4 Å². The molecule has 2 heterocycles. The van der Waals surface area contributed by atoms with Crippen molar-refractivity contribution in [1.82, 2.24) is 9.29 Å². The quantitative estimate of drug-likeness (QED) is 0.473. The Balaban J connectivity index is 1.34. The van der Waals surface area contributed by atoms with Crippen molar-refractivity contribution in [2.24, 2.45) is 5.92 Å². The molecule has 1 unspecified atom stereocenters. The average molecular weight is 470 g/mol. The first-order chi connectivity index (χ1) is 15.4. The van der Waals surface area contributed by atoms with Crippen LogP contribution in [0.2, 0.25) is 0 Å². The molecule has 0 saturated carbocycles. The third-order valence-electron chi connectivity index (χ3n) is 5.72. The van der Waals surface area contributed by atoms with Crippen LogP contribution >= 0.6 is 11.3 Å². The molecule has 3 aromatic carbocycles. The van der Waals surface area contributed by atoms with Gasteiger partial charge in [-0.15, -0.1) is 0 Å². The number of benzene rings is 3. The van der Waals surface area contributed by atoms with Crippen LogP contribution in [-0.4, -0.2) is 36.7 Å². The monoisotopic (exact) mass is 469 g/mol. The SMILES string of the molecule is O=C(Nc1nc2c(ccc3ccccc32)s1)C1CCCN(S(=O)(=O)c2ccc(F)cc2)C1. The number of hydrogen-bond donors (Lipinski definition) is 1. The van der Waals surface area contributed by atoms with Crippen LogP contribution in [0.4, 0.5) is 9.52 Å². The highest BCUT2D eigenvalue weighted by Crippen LogP contribution is 2.32. The molecule has 1 amide bonds. The van der Waals surface area contributed by atoms with Crippen LogP contribution in [0.3, 0.4) is 0 Å². The lowest BCUT2D eigenvalue weighted by Gasteiger charge is -2.31. The minimum atomic E-state index is -3.79. The number of amides is 1. The minimum absolute atomic E-state index is 0.0259. The van der Waals surface area contributed by atoms with Crippen molar-refractivity contribution in [3.05, 3.63) is 66.5 Å². The molecule has 0 bridgehead atoms. The van der Waals surface area contributed by atoms with Crippen molar-refractivity contribution in [2.75, 3.05) is 18.4 Å². The third kappa shape index (κ3) is 3.87. The Morgan fingerprint density at radius 2 is 1.88 bits per heavy atom. The molecule has 1 aliphatic heterocycles. The van der Waals surface area contributed by atoms with E-state index in [-0.39, 0.29) is 17.3 Å². The summed E-state index contributed by atoms with van der Waals surface area (Å²) in [5.74, 6) is -1.22. The van der Waals surface area contributed by atoms with Gasteiger partial charge >= 0.3 is 0 Å². The second-order valence-electron chi connectivity index (χ2n) is 7.80. The number of halogens is 1. The predicted octanol–water partition coefficient (Wildman–Crippen LogP) is 4.63. The molecular formula is C23H20FN3O3S2. The number of carbonyl (C=O) groups is 1. The van der Waals surface area contributed by atoms with E-state index in [1.54, 1.807) is 0 Å². The Kier molecular flexibility index (Phi) is 5.40. The highest BCUT2D eigenvalue weighted by molar-refractivity contribution is 7.89. The van der Waals surface area contributed by atoms with Crippen molar-refractivity contribution in [3.8, 4) is 0 Å². The van der Waals surface area contributed by atoms with Crippen LogP contribution in [0.25, 0.3) is 21.0 Å². The zero-order valence-electron chi connectivity index (χ0n) is 17.0. The van der Waals surface area contributed by atoms with Crippen molar-refractivity contribution in [2.45, 2.75) is 17.7 Å². The molecule has 1 atom stereocenters. The van der Waals surface area contributed by atoms with Gasteiger partial charge in [0.25, 0.3) is 0 Å². The Labute approximate surface area is 188 Å². The maximum atomic E-state index is 13.2. The van der Waals surface area contributed by atoms with Crippen LogP contribution in [0.15, 0.2) is 65.6 Å². The summed E-state index contributed by atoms with van der Waals surface area (Å²) in [5, 5.41) is 5.49. The van der Waals surface area contributed by atoms with E-state index in [0.717, 1.165) is 33.1 Å². The number of hydrogen-bond acceptors (Lipinski definition) is 5. The second kappa shape index (κ2) is 8.23. The van der Waals surface area contributed by atoms with Gasteiger partial charge in [0, 0.05) is 18.5 Å². The lowest BCUT2D eigenvalue weighted by molar-refractivity contribution is -0.120. The van der Waals surface area contributed by atoms with Gasteiger partial charge in [-0.05, 0) is 48.6 Å². The van der Waals surface area contributed by atoms with E-state index < -0.39 is 21.8 Å². The number of piperidine rings is 1. The number of nitrogens with one attached hydrogen (secondary N) is 1. The minimum Gasteiger partial charge on any atom is -0.302 e. The summed E-state index contributed by atoms with van der Waals surface area (Å²) in [6.07, 6.45) is 1.16. The topological polar surface area (TPSA) is 79.4 Å². The molecule has 6 nitrogen and oxygen atoms in total. The molecule has 0 spiro atoms. The number of sulfonamides is 1. The molecule has 4 aromatic rings. The van der Waals surface area contributed by atoms with Gasteiger partial charge < -0.3 is 5.32 Å². The molecular weight excluding hydrogens is 449 g/mol. The standard InChI is InChI=1S/C23H20FN3O3S2/c24-17-8-10-18(11-9-17)32(29,30)27-13-3-5-16(14-27)22(28)26-23-25-21-19-6-2-1-4-15(19)7-12-20(21)31-23/h1-2,4,6-12,16H,3,5,13-14H2,(H,25,26,28). The van der Waals surface area contributed by atoms with Gasteiger partial charge in [-0.25, -0.2) is 17.8 Å². The Morgan fingerprint density at radius 3 is 2.69 bits per heavy atom. The molecule has 0 aliphatic carbocycles. The van der Waals surface area contributed by atoms with Crippen molar-refractivity contribution in [3.63, 3.8) is 0 Å². The number of thiazole rings is 1. The van der Waals surface area contributed by atoms with Crippen LogP contribution in [0.5, 0.6) is 0 Å². The van der Waals surface area contributed by atoms with Crippen LogP contribution < -0.4 is 5.32 Å². The lowest BCUT2D eigenvalue weighted by atomic mass is 9.99. The van der Waals surface area contributed by atoms with E-state index in [9.17, 15) is 17.6 Å². The van der Waals surface area contributed by atoms with E-state index in [1.807, 2.05) is 36.4 Å². The van der Waals surface area contributed by atoms with Gasteiger partial charge in [0.05, 0.1) is 21.0 Å². The zero-order valence-corrected chi connectivity index (χ0v) is 18.6. The second-order valence-corrected chi connectivity index (χ2v) is 10.8. The molecule has 32 heavy (non-hydrogen) atoms. The molecule has 164 valence electrons. The summed E-state index contributed by atoms with van der Waals surface area (Å²) in [4.78, 5) is 17.6. The van der Waals surface area contributed by atoms with E-state index in [4.69, 9.17) is 0 Å². The van der Waals surface area contributed by atoms with Crippen LogP contribution in [0.1, 0.15) is 12.8 Å². The first-order valence-electron chi connectivity index (χ1n) is 10.3. The molecule has 9 heteroatoms. The van der Waals surface area contributed by atoms with Crippen molar-refractivity contribution in [1.29, 1.82) is 0 Å². The molecule has 1 aliphatic rings. The fraction of sp³-hybridized carbons (Fsp3) is 0.217. The zero-order chi connectivity index (χ0) is 22.3. The predicted molar refractivity (Wildman–Crippen MR) is 124 cm³/mol. The van der Waals surface area contributed by atoms with E-state index in [1.165, 1.54) is 27.8 Å². The van der Waals surface area contributed by atoms with Crippen molar-refractivity contribution < 1.29 is 17.6 Å². The highest BCUT2D eigenvalue weighted by Gasteiger charge is 2.33. The number of anilines is 1. The first-order valence-corrected chi connectivity index (χ1v) is 12.5. The Bertz CT molecular complexity index is 1420. The van der Waals surface area contributed by atoms with Gasteiger partial charge in [-0.3, -0.25) is 4.79 Å². The van der Waals surface area contributed by atoms with Gasteiger partial charge in [-0.2, -0.15) is 4.31 Å². The normalized spacial score (nSPS) is 17.6. The van der Waals surface area contributed by atoms with Crippen LogP contribution in [0, 0.1) is 11.7 Å². The largest absolute Gasteiger partial charge is 0.302 e. The summed E-state index contributed by atoms with van der Waals surface area (Å²) in [6, 6.07) is 16.7. The number of fused-ring (bicyclic) bond motifs is 3. The van der Waals surface area contributed by atoms with Gasteiger partial charge in [0.1, 0.15) is 5.82 Å².